The molecule has 0 aliphatic rings. The third-order valence-electron chi connectivity index (χ3n) is 6.59. The molecule has 208 valence electrons. The Kier molecular flexibility index (Phi) is 10.2. The highest BCUT2D eigenvalue weighted by atomic mass is 32.2. The molecule has 1 N–H and O–H groups in total. The Morgan fingerprint density at radius 2 is 1.51 bits per heavy atom. The van der Waals surface area contributed by atoms with Gasteiger partial charge in [-0.3, -0.25) is 13.9 Å². The van der Waals surface area contributed by atoms with Crippen LogP contribution in [0.15, 0.2) is 83.8 Å². The lowest BCUT2D eigenvalue weighted by molar-refractivity contribution is -0.140. The lowest BCUT2D eigenvalue weighted by Crippen LogP contribution is -2.53. The Morgan fingerprint density at radius 3 is 2.08 bits per heavy atom. The topological polar surface area (TPSA) is 86.8 Å². The molecular weight excluding hydrogens is 517 g/mol. The zero-order chi connectivity index (χ0) is 28.6. The molecule has 9 heteroatoms. The SMILES string of the molecule is CC[C@H](C)NC(=O)[C@H](CC)N(Cc1ccc(F)cc1)C(=O)CN(c1ccc(C)cc1)S(=O)(=O)c1ccccc1. The van der Waals surface area contributed by atoms with E-state index in [4.69, 9.17) is 0 Å². The number of carbonyl (C=O) groups is 2. The molecule has 0 fully saturated rings. The van der Waals surface area contributed by atoms with Crippen molar-refractivity contribution in [3.8, 4) is 0 Å². The van der Waals surface area contributed by atoms with E-state index in [-0.39, 0.29) is 23.4 Å². The Morgan fingerprint density at radius 1 is 0.897 bits per heavy atom. The molecule has 0 saturated carbocycles. The smallest absolute Gasteiger partial charge is 0.264 e. The molecule has 0 spiro atoms. The number of halogens is 1. The van der Waals surface area contributed by atoms with Crippen molar-refractivity contribution in [2.45, 2.75) is 64.1 Å². The summed E-state index contributed by atoms with van der Waals surface area (Å²) >= 11 is 0. The van der Waals surface area contributed by atoms with Crippen LogP contribution >= 0.6 is 0 Å². The summed E-state index contributed by atoms with van der Waals surface area (Å²) in [7, 11) is -4.11. The van der Waals surface area contributed by atoms with Crippen LogP contribution in [0.2, 0.25) is 0 Å². The molecule has 7 nitrogen and oxygen atoms in total. The maximum atomic E-state index is 14.0. The monoisotopic (exact) mass is 553 g/mol. The number of benzene rings is 3. The number of hydrogen-bond acceptors (Lipinski definition) is 4. The number of amides is 2. The maximum Gasteiger partial charge on any atom is 0.264 e. The van der Waals surface area contributed by atoms with Gasteiger partial charge >= 0.3 is 0 Å². The van der Waals surface area contributed by atoms with Crippen LogP contribution in [0.5, 0.6) is 0 Å². The van der Waals surface area contributed by atoms with E-state index in [9.17, 15) is 22.4 Å². The summed E-state index contributed by atoms with van der Waals surface area (Å²) < 4.78 is 42.2. The Bertz CT molecular complexity index is 1350. The molecule has 3 rings (SSSR count). The van der Waals surface area contributed by atoms with E-state index in [1.807, 2.05) is 20.8 Å². The number of rotatable bonds is 12. The molecule has 2 amide bonds. The van der Waals surface area contributed by atoms with Crippen molar-refractivity contribution < 1.29 is 22.4 Å². The molecule has 3 aromatic carbocycles. The van der Waals surface area contributed by atoms with E-state index in [2.05, 4.69) is 5.32 Å². The van der Waals surface area contributed by atoms with Gasteiger partial charge in [0.05, 0.1) is 10.6 Å². The highest BCUT2D eigenvalue weighted by Crippen LogP contribution is 2.25. The first kappa shape index (κ1) is 29.8. The fraction of sp³-hybridized carbons (Fsp3) is 0.333. The van der Waals surface area contributed by atoms with Gasteiger partial charge in [-0.15, -0.1) is 0 Å². The number of hydrogen-bond donors (Lipinski definition) is 1. The molecule has 0 saturated heterocycles. The lowest BCUT2D eigenvalue weighted by atomic mass is 10.1. The van der Waals surface area contributed by atoms with Crippen molar-refractivity contribution >= 4 is 27.5 Å². The van der Waals surface area contributed by atoms with Crippen molar-refractivity contribution in [2.75, 3.05) is 10.8 Å². The van der Waals surface area contributed by atoms with Gasteiger partial charge in [0.25, 0.3) is 10.0 Å². The van der Waals surface area contributed by atoms with Gasteiger partial charge in [0.2, 0.25) is 11.8 Å². The van der Waals surface area contributed by atoms with Crippen LogP contribution in [0.4, 0.5) is 10.1 Å². The van der Waals surface area contributed by atoms with Crippen LogP contribution in [0, 0.1) is 12.7 Å². The second-order valence-corrected chi connectivity index (χ2v) is 11.4. The molecule has 0 heterocycles. The molecule has 0 radical (unpaired) electrons. The van der Waals surface area contributed by atoms with E-state index in [0.29, 0.717) is 24.1 Å². The molecule has 0 aromatic heterocycles. The quantitative estimate of drug-likeness (QED) is 0.340. The molecule has 39 heavy (non-hydrogen) atoms. The molecule has 0 aliphatic heterocycles. The van der Waals surface area contributed by atoms with Gasteiger partial charge in [-0.2, -0.15) is 0 Å². The van der Waals surface area contributed by atoms with Crippen LogP contribution in [0.3, 0.4) is 0 Å². The Labute approximate surface area is 230 Å². The van der Waals surface area contributed by atoms with E-state index >= 15 is 0 Å². The largest absolute Gasteiger partial charge is 0.352 e. The van der Waals surface area contributed by atoms with E-state index in [0.717, 1.165) is 9.87 Å². The zero-order valence-corrected chi connectivity index (χ0v) is 23.6. The Balaban J connectivity index is 2.03. The van der Waals surface area contributed by atoms with Gasteiger partial charge < -0.3 is 10.2 Å². The normalized spacial score (nSPS) is 12.8. The van der Waals surface area contributed by atoms with Gasteiger partial charge in [-0.1, -0.05) is 61.9 Å². The summed E-state index contributed by atoms with van der Waals surface area (Å²) in [6.07, 6.45) is 1.02. The second-order valence-electron chi connectivity index (χ2n) is 9.55. The van der Waals surface area contributed by atoms with Crippen LogP contribution in [-0.4, -0.2) is 43.8 Å². The first-order chi connectivity index (χ1) is 18.6. The third kappa shape index (κ3) is 7.66. The van der Waals surface area contributed by atoms with Crippen LogP contribution in [0.25, 0.3) is 0 Å². The lowest BCUT2D eigenvalue weighted by Gasteiger charge is -2.33. The third-order valence-corrected chi connectivity index (χ3v) is 8.37. The summed E-state index contributed by atoms with van der Waals surface area (Å²) in [5, 5.41) is 2.93. The van der Waals surface area contributed by atoms with Crippen LogP contribution in [0.1, 0.15) is 44.7 Å². The summed E-state index contributed by atoms with van der Waals surface area (Å²) in [5.41, 5.74) is 1.89. The average Bonchev–Trinajstić information content (AvgIpc) is 2.93. The Hall–Kier alpha value is -3.72. The van der Waals surface area contributed by atoms with Crippen LogP contribution in [-0.2, 0) is 26.2 Å². The van der Waals surface area contributed by atoms with Crippen LogP contribution < -0.4 is 9.62 Å². The minimum Gasteiger partial charge on any atom is -0.352 e. The summed E-state index contributed by atoms with van der Waals surface area (Å²) in [4.78, 5) is 28.6. The van der Waals surface area contributed by atoms with Crippen molar-refractivity contribution in [1.82, 2.24) is 10.2 Å². The molecule has 0 bridgehead atoms. The molecule has 2 atom stereocenters. The predicted octanol–water partition coefficient (Wildman–Crippen LogP) is 5.05. The van der Waals surface area contributed by atoms with Gasteiger partial charge in [0, 0.05) is 12.6 Å². The van der Waals surface area contributed by atoms with Gasteiger partial charge in [0.1, 0.15) is 18.4 Å². The average molecular weight is 554 g/mol. The highest BCUT2D eigenvalue weighted by Gasteiger charge is 2.33. The van der Waals surface area contributed by atoms with E-state index < -0.39 is 34.3 Å². The molecule has 0 unspecified atom stereocenters. The van der Waals surface area contributed by atoms with Gasteiger partial charge in [-0.05, 0) is 68.7 Å². The zero-order valence-electron chi connectivity index (χ0n) is 22.8. The number of aryl methyl sites for hydroxylation is 1. The second kappa shape index (κ2) is 13.4. The van der Waals surface area contributed by atoms with Crippen molar-refractivity contribution in [3.05, 3.63) is 95.8 Å². The number of nitrogens with zero attached hydrogens (tertiary/aromatic N) is 2. The first-order valence-corrected chi connectivity index (χ1v) is 14.5. The molecular formula is C30H36FN3O4S. The summed E-state index contributed by atoms with van der Waals surface area (Å²) in [5.74, 6) is -1.29. The fourth-order valence-corrected chi connectivity index (χ4v) is 5.54. The van der Waals surface area contributed by atoms with E-state index in [1.165, 1.54) is 29.2 Å². The minimum absolute atomic E-state index is 0.0126. The van der Waals surface area contributed by atoms with Crippen molar-refractivity contribution in [2.24, 2.45) is 0 Å². The molecule has 0 aliphatic carbocycles. The van der Waals surface area contributed by atoms with Gasteiger partial charge in [-0.25, -0.2) is 12.8 Å². The number of nitrogens with one attached hydrogen (secondary N) is 1. The predicted molar refractivity (Wildman–Crippen MR) is 151 cm³/mol. The standard InChI is InChI=1S/C30H36FN3O4S/c1-5-23(4)32-30(36)28(6-2)33(20-24-14-16-25(31)17-15-24)29(35)21-34(26-18-12-22(3)13-19-26)39(37,38)27-10-8-7-9-11-27/h7-19,23,28H,5-6,20-21H2,1-4H3,(H,32,36)/t23-,28-/m0/s1. The van der Waals surface area contributed by atoms with Crippen molar-refractivity contribution in [1.29, 1.82) is 0 Å². The van der Waals surface area contributed by atoms with E-state index in [1.54, 1.807) is 61.5 Å². The number of anilines is 1. The molecule has 3 aromatic rings. The van der Waals surface area contributed by atoms with Gasteiger partial charge in [0.15, 0.2) is 0 Å². The first-order valence-electron chi connectivity index (χ1n) is 13.1. The highest BCUT2D eigenvalue weighted by molar-refractivity contribution is 7.92. The fourth-order valence-electron chi connectivity index (χ4n) is 4.11. The summed E-state index contributed by atoms with van der Waals surface area (Å²) in [6.45, 7) is 7.00. The maximum absolute atomic E-state index is 14.0. The number of sulfonamides is 1. The summed E-state index contributed by atoms with van der Waals surface area (Å²) in [6, 6.07) is 19.5. The van der Waals surface area contributed by atoms with Crippen molar-refractivity contribution in [3.63, 3.8) is 0 Å². The number of carbonyl (C=O) groups excluding carboxylic acids is 2. The minimum atomic E-state index is -4.11.